The van der Waals surface area contributed by atoms with Crippen LogP contribution in [0.1, 0.15) is 58.3 Å². The lowest BCUT2D eigenvalue weighted by atomic mass is 9.97. The molecule has 0 radical (unpaired) electrons. The first kappa shape index (κ1) is 13.4. The molecule has 1 aliphatic carbocycles. The van der Waals surface area contributed by atoms with Gasteiger partial charge in [-0.3, -0.25) is 4.90 Å². The van der Waals surface area contributed by atoms with Crippen molar-refractivity contribution < 1.29 is 0 Å². The summed E-state index contributed by atoms with van der Waals surface area (Å²) < 4.78 is 0. The molecular formula is C15H30N2. The van der Waals surface area contributed by atoms with Gasteiger partial charge >= 0.3 is 0 Å². The van der Waals surface area contributed by atoms with E-state index in [1.807, 2.05) is 0 Å². The first-order valence-corrected chi connectivity index (χ1v) is 7.74. The van der Waals surface area contributed by atoms with E-state index in [1.165, 1.54) is 64.5 Å². The number of nitrogens with zero attached hydrogens (tertiary/aromatic N) is 1. The van der Waals surface area contributed by atoms with Crippen molar-refractivity contribution >= 4 is 0 Å². The van der Waals surface area contributed by atoms with Gasteiger partial charge in [0.15, 0.2) is 0 Å². The van der Waals surface area contributed by atoms with E-state index in [-0.39, 0.29) is 0 Å². The highest BCUT2D eigenvalue weighted by Crippen LogP contribution is 2.29. The van der Waals surface area contributed by atoms with Crippen molar-refractivity contribution in [2.45, 2.75) is 70.4 Å². The number of hydrogen-bond acceptors (Lipinski definition) is 2. The number of hydrogen-bond donors (Lipinski definition) is 1. The average molecular weight is 238 g/mol. The molecule has 0 aromatic carbocycles. The maximum absolute atomic E-state index is 3.55. The van der Waals surface area contributed by atoms with Gasteiger partial charge in [0.25, 0.3) is 0 Å². The van der Waals surface area contributed by atoms with Gasteiger partial charge in [-0.1, -0.05) is 26.2 Å². The zero-order valence-corrected chi connectivity index (χ0v) is 11.8. The first-order chi connectivity index (χ1) is 8.31. The van der Waals surface area contributed by atoms with Crippen LogP contribution in [0.25, 0.3) is 0 Å². The molecule has 2 heteroatoms. The molecule has 1 aliphatic heterocycles. The van der Waals surface area contributed by atoms with Crippen LogP contribution in [-0.2, 0) is 0 Å². The number of likely N-dealkylation sites (N-methyl/N-ethyl adjacent to an activating group) is 1. The van der Waals surface area contributed by atoms with Crippen LogP contribution < -0.4 is 5.32 Å². The lowest BCUT2D eigenvalue weighted by molar-refractivity contribution is 0.133. The van der Waals surface area contributed by atoms with Crippen molar-refractivity contribution in [3.8, 4) is 0 Å². The summed E-state index contributed by atoms with van der Waals surface area (Å²) in [5, 5.41) is 3.55. The van der Waals surface area contributed by atoms with E-state index in [9.17, 15) is 0 Å². The molecule has 17 heavy (non-hydrogen) atoms. The van der Waals surface area contributed by atoms with Crippen LogP contribution in [0.5, 0.6) is 0 Å². The van der Waals surface area contributed by atoms with E-state index >= 15 is 0 Å². The van der Waals surface area contributed by atoms with Crippen LogP contribution in [0.15, 0.2) is 0 Å². The molecule has 0 amide bonds. The van der Waals surface area contributed by atoms with Gasteiger partial charge in [0, 0.05) is 18.6 Å². The maximum atomic E-state index is 3.55. The fourth-order valence-corrected chi connectivity index (χ4v) is 3.65. The maximum Gasteiger partial charge on any atom is 0.0220 e. The molecule has 1 saturated heterocycles. The SMILES string of the molecule is CCC1CCCC(N(C)C2CCCNC2)CC1. The highest BCUT2D eigenvalue weighted by Gasteiger charge is 2.26. The number of nitrogens with one attached hydrogen (secondary N) is 1. The van der Waals surface area contributed by atoms with Crippen LogP contribution >= 0.6 is 0 Å². The monoisotopic (exact) mass is 238 g/mol. The molecule has 2 rings (SSSR count). The normalized spacial score (nSPS) is 35.8. The van der Waals surface area contributed by atoms with E-state index in [4.69, 9.17) is 0 Å². The van der Waals surface area contributed by atoms with E-state index in [0.29, 0.717) is 0 Å². The topological polar surface area (TPSA) is 15.3 Å². The van der Waals surface area contributed by atoms with Crippen LogP contribution in [0.4, 0.5) is 0 Å². The zero-order valence-electron chi connectivity index (χ0n) is 11.8. The van der Waals surface area contributed by atoms with Crippen molar-refractivity contribution in [3.63, 3.8) is 0 Å². The van der Waals surface area contributed by atoms with E-state index < -0.39 is 0 Å². The highest BCUT2D eigenvalue weighted by atomic mass is 15.2. The fraction of sp³-hybridized carbons (Fsp3) is 1.00. The summed E-state index contributed by atoms with van der Waals surface area (Å²) >= 11 is 0. The third-order valence-corrected chi connectivity index (χ3v) is 5.06. The van der Waals surface area contributed by atoms with Gasteiger partial charge in [-0.05, 0) is 51.6 Å². The lowest BCUT2D eigenvalue weighted by Gasteiger charge is -2.37. The van der Waals surface area contributed by atoms with Gasteiger partial charge < -0.3 is 5.32 Å². The summed E-state index contributed by atoms with van der Waals surface area (Å²) in [4.78, 5) is 2.70. The minimum atomic E-state index is 0.798. The van der Waals surface area contributed by atoms with Crippen molar-refractivity contribution in [2.24, 2.45) is 5.92 Å². The van der Waals surface area contributed by atoms with Crippen LogP contribution in [0, 0.1) is 5.92 Å². The Morgan fingerprint density at radius 3 is 2.53 bits per heavy atom. The fourth-order valence-electron chi connectivity index (χ4n) is 3.65. The Kier molecular flexibility index (Phi) is 5.30. The molecule has 3 unspecified atom stereocenters. The van der Waals surface area contributed by atoms with Gasteiger partial charge in [-0.25, -0.2) is 0 Å². The second kappa shape index (κ2) is 6.75. The molecule has 2 nitrogen and oxygen atoms in total. The van der Waals surface area contributed by atoms with Crippen molar-refractivity contribution in [3.05, 3.63) is 0 Å². The lowest BCUT2D eigenvalue weighted by Crippen LogP contribution is -2.48. The Hall–Kier alpha value is -0.0800. The molecule has 2 aliphatic rings. The Bertz CT molecular complexity index is 211. The van der Waals surface area contributed by atoms with Gasteiger partial charge in [-0.15, -0.1) is 0 Å². The minimum Gasteiger partial charge on any atom is -0.315 e. The van der Waals surface area contributed by atoms with Crippen LogP contribution in [-0.4, -0.2) is 37.1 Å². The van der Waals surface area contributed by atoms with Crippen molar-refractivity contribution in [2.75, 3.05) is 20.1 Å². The second-order valence-electron chi connectivity index (χ2n) is 6.10. The van der Waals surface area contributed by atoms with Crippen molar-refractivity contribution in [1.29, 1.82) is 0 Å². The quantitative estimate of drug-likeness (QED) is 0.760. The predicted molar refractivity (Wildman–Crippen MR) is 74.3 cm³/mol. The molecule has 2 fully saturated rings. The van der Waals surface area contributed by atoms with Crippen molar-refractivity contribution in [1.82, 2.24) is 10.2 Å². The predicted octanol–water partition coefficient (Wildman–Crippen LogP) is 3.03. The van der Waals surface area contributed by atoms with E-state index in [1.54, 1.807) is 0 Å². The van der Waals surface area contributed by atoms with Gasteiger partial charge in [-0.2, -0.15) is 0 Å². The molecule has 0 aromatic heterocycles. The molecule has 100 valence electrons. The number of rotatable bonds is 3. The second-order valence-corrected chi connectivity index (χ2v) is 6.10. The molecule has 0 bridgehead atoms. The van der Waals surface area contributed by atoms with Gasteiger partial charge in [0.2, 0.25) is 0 Å². The van der Waals surface area contributed by atoms with E-state index in [2.05, 4.69) is 24.2 Å². The summed E-state index contributed by atoms with van der Waals surface area (Å²) in [6, 6.07) is 1.66. The smallest absolute Gasteiger partial charge is 0.0220 e. The largest absolute Gasteiger partial charge is 0.315 e. The summed E-state index contributed by atoms with van der Waals surface area (Å²) in [6.07, 6.45) is 11.4. The third kappa shape index (κ3) is 3.69. The molecule has 1 saturated carbocycles. The average Bonchev–Trinajstić information content (AvgIpc) is 2.64. The molecule has 0 spiro atoms. The standard InChI is InChI=1S/C15H30N2/c1-3-13-6-4-7-14(10-9-13)17(2)15-8-5-11-16-12-15/h13-16H,3-12H2,1-2H3. The highest BCUT2D eigenvalue weighted by molar-refractivity contribution is 4.83. The molecular weight excluding hydrogens is 208 g/mol. The molecule has 1 heterocycles. The van der Waals surface area contributed by atoms with Crippen LogP contribution in [0.3, 0.4) is 0 Å². The molecule has 3 atom stereocenters. The summed E-state index contributed by atoms with van der Waals surface area (Å²) in [5.74, 6) is 1.01. The summed E-state index contributed by atoms with van der Waals surface area (Å²) in [7, 11) is 2.37. The Morgan fingerprint density at radius 2 is 1.82 bits per heavy atom. The summed E-state index contributed by atoms with van der Waals surface area (Å²) in [5.41, 5.74) is 0. The Labute approximate surface area is 107 Å². The number of piperidine rings is 1. The van der Waals surface area contributed by atoms with Gasteiger partial charge in [0.1, 0.15) is 0 Å². The third-order valence-electron chi connectivity index (χ3n) is 5.06. The minimum absolute atomic E-state index is 0.798. The Balaban J connectivity index is 1.83. The van der Waals surface area contributed by atoms with Crippen LogP contribution in [0.2, 0.25) is 0 Å². The van der Waals surface area contributed by atoms with E-state index in [0.717, 1.165) is 18.0 Å². The molecule has 1 N–H and O–H groups in total. The van der Waals surface area contributed by atoms with Gasteiger partial charge in [0.05, 0.1) is 0 Å². The Morgan fingerprint density at radius 1 is 1.00 bits per heavy atom. The first-order valence-electron chi connectivity index (χ1n) is 7.74. The zero-order chi connectivity index (χ0) is 12.1. The summed E-state index contributed by atoms with van der Waals surface area (Å²) in [6.45, 7) is 4.80. The molecule has 0 aromatic rings.